The molecule has 0 aliphatic rings. The first-order valence-corrected chi connectivity index (χ1v) is 12.8. The van der Waals surface area contributed by atoms with Gasteiger partial charge in [0.15, 0.2) is 5.78 Å². The molecule has 1 aromatic heterocycles. The van der Waals surface area contributed by atoms with E-state index in [-0.39, 0.29) is 29.3 Å². The third kappa shape index (κ3) is 5.11. The fraction of sp³-hybridized carbons (Fsp3) is 0.214. The summed E-state index contributed by atoms with van der Waals surface area (Å²) in [6, 6.07) is 19.2. The van der Waals surface area contributed by atoms with E-state index < -0.39 is 10.0 Å². The number of hydrogen-bond donors (Lipinski definition) is 1. The molecule has 3 aromatic carbocycles. The van der Waals surface area contributed by atoms with Crippen LogP contribution < -0.4 is 5.56 Å². The van der Waals surface area contributed by atoms with Crippen LogP contribution in [0.3, 0.4) is 0 Å². The van der Waals surface area contributed by atoms with E-state index in [1.807, 2.05) is 57.2 Å². The van der Waals surface area contributed by atoms with Crippen LogP contribution in [0.25, 0.3) is 10.9 Å². The van der Waals surface area contributed by atoms with Crippen molar-refractivity contribution in [3.63, 3.8) is 0 Å². The van der Waals surface area contributed by atoms with Gasteiger partial charge in [-0.05, 0) is 62.6 Å². The number of aryl methyl sites for hydroxylation is 3. The number of carbonyl (C=O) groups is 1. The number of carbonyl (C=O) groups excluding carboxylic acids is 1. The molecule has 0 spiro atoms. The van der Waals surface area contributed by atoms with Crippen molar-refractivity contribution in [3.8, 4) is 0 Å². The number of rotatable bonds is 7. The van der Waals surface area contributed by atoms with E-state index in [4.69, 9.17) is 0 Å². The van der Waals surface area contributed by atoms with Crippen LogP contribution in [0.1, 0.15) is 45.1 Å². The average Bonchev–Trinajstić information content (AvgIpc) is 2.83. The SMILES string of the molecule is CC(=O)c1ccc(S(=O)(=O)N(Cc2ccc(C)cc2)Cc2cc3c(C)ccc(C)c3[nH]c2=O)cc1. The molecule has 0 aliphatic heterocycles. The Balaban J connectivity index is 1.79. The maximum absolute atomic E-state index is 13.7. The first-order valence-electron chi connectivity index (χ1n) is 11.3. The fourth-order valence-corrected chi connectivity index (χ4v) is 5.47. The Morgan fingerprint density at radius 3 is 2.11 bits per heavy atom. The zero-order chi connectivity index (χ0) is 25.3. The Kier molecular flexibility index (Phi) is 6.74. The van der Waals surface area contributed by atoms with Crippen LogP contribution in [0, 0.1) is 20.8 Å². The molecule has 6 nitrogen and oxygen atoms in total. The Bertz CT molecular complexity index is 1570. The molecule has 0 aliphatic carbocycles. The lowest BCUT2D eigenvalue weighted by Gasteiger charge is -2.23. The Morgan fingerprint density at radius 1 is 0.857 bits per heavy atom. The summed E-state index contributed by atoms with van der Waals surface area (Å²) in [7, 11) is -3.97. The molecular weight excluding hydrogens is 460 g/mol. The highest BCUT2D eigenvalue weighted by Crippen LogP contribution is 2.24. The molecule has 0 saturated heterocycles. The van der Waals surface area contributed by atoms with Crippen LogP contribution in [0.15, 0.2) is 76.4 Å². The molecule has 0 fully saturated rings. The molecule has 0 atom stereocenters. The van der Waals surface area contributed by atoms with Crippen molar-refractivity contribution in [2.24, 2.45) is 0 Å². The normalized spacial score (nSPS) is 11.8. The lowest BCUT2D eigenvalue weighted by Crippen LogP contribution is -2.32. The second kappa shape index (κ2) is 9.60. The Hall–Kier alpha value is -3.55. The molecule has 0 bridgehead atoms. The standard InChI is InChI=1S/C28H28N2O4S/c1-18-5-9-22(10-6-18)16-30(35(33,34)25-13-11-23(12-14-25)21(4)31)17-24-15-26-19(2)7-8-20(3)27(26)29-28(24)32/h5-15H,16-17H2,1-4H3,(H,29,32). The van der Waals surface area contributed by atoms with E-state index in [1.54, 1.807) is 6.07 Å². The summed E-state index contributed by atoms with van der Waals surface area (Å²) >= 11 is 0. The lowest BCUT2D eigenvalue weighted by atomic mass is 10.0. The third-order valence-electron chi connectivity index (χ3n) is 6.25. The summed E-state index contributed by atoms with van der Waals surface area (Å²) in [5.41, 5.74) is 5.06. The number of Topliss-reactive ketones (excluding diaryl/α,β-unsaturated/α-hetero) is 1. The van der Waals surface area contributed by atoms with E-state index in [0.717, 1.165) is 33.2 Å². The van der Waals surface area contributed by atoms with Crippen molar-refractivity contribution in [2.45, 2.75) is 45.7 Å². The molecule has 180 valence electrons. The van der Waals surface area contributed by atoms with Crippen molar-refractivity contribution < 1.29 is 13.2 Å². The summed E-state index contributed by atoms with van der Waals surface area (Å²) in [5.74, 6) is -0.140. The largest absolute Gasteiger partial charge is 0.321 e. The molecule has 1 N–H and O–H groups in total. The van der Waals surface area contributed by atoms with Gasteiger partial charge in [0, 0.05) is 29.6 Å². The van der Waals surface area contributed by atoms with E-state index in [9.17, 15) is 18.0 Å². The highest BCUT2D eigenvalue weighted by molar-refractivity contribution is 7.89. The molecule has 0 saturated carbocycles. The number of nitrogens with zero attached hydrogens (tertiary/aromatic N) is 1. The second-order valence-corrected chi connectivity index (χ2v) is 10.9. The molecule has 4 rings (SSSR count). The molecule has 7 heteroatoms. The van der Waals surface area contributed by atoms with E-state index in [0.29, 0.717) is 11.1 Å². The van der Waals surface area contributed by atoms with Gasteiger partial charge in [-0.1, -0.05) is 54.1 Å². The zero-order valence-corrected chi connectivity index (χ0v) is 21.1. The molecule has 0 radical (unpaired) electrons. The van der Waals surface area contributed by atoms with Crippen LogP contribution in [-0.2, 0) is 23.1 Å². The summed E-state index contributed by atoms with van der Waals surface area (Å²) in [5, 5.41) is 0.887. The van der Waals surface area contributed by atoms with Crippen LogP contribution in [0.4, 0.5) is 0 Å². The first kappa shape index (κ1) is 24.6. The number of hydrogen-bond acceptors (Lipinski definition) is 4. The van der Waals surface area contributed by atoms with Gasteiger partial charge < -0.3 is 4.98 Å². The lowest BCUT2D eigenvalue weighted by molar-refractivity contribution is 0.101. The minimum absolute atomic E-state index is 0.0684. The number of nitrogens with one attached hydrogen (secondary N) is 1. The number of ketones is 1. The van der Waals surface area contributed by atoms with Crippen molar-refractivity contribution in [1.82, 2.24) is 9.29 Å². The van der Waals surface area contributed by atoms with Gasteiger partial charge in [-0.25, -0.2) is 8.42 Å². The van der Waals surface area contributed by atoms with E-state index in [1.165, 1.54) is 35.5 Å². The molecule has 35 heavy (non-hydrogen) atoms. The van der Waals surface area contributed by atoms with Gasteiger partial charge in [0.05, 0.1) is 10.4 Å². The smallest absolute Gasteiger partial charge is 0.252 e. The molecule has 0 amide bonds. The van der Waals surface area contributed by atoms with Crippen LogP contribution in [-0.4, -0.2) is 23.5 Å². The number of sulfonamides is 1. The maximum atomic E-state index is 13.7. The zero-order valence-electron chi connectivity index (χ0n) is 20.3. The summed E-state index contributed by atoms with van der Waals surface area (Å²) < 4.78 is 28.7. The van der Waals surface area contributed by atoms with Crippen molar-refractivity contribution >= 4 is 26.7 Å². The highest BCUT2D eigenvalue weighted by atomic mass is 32.2. The van der Waals surface area contributed by atoms with Crippen molar-refractivity contribution in [1.29, 1.82) is 0 Å². The monoisotopic (exact) mass is 488 g/mol. The van der Waals surface area contributed by atoms with E-state index >= 15 is 0 Å². The molecule has 1 heterocycles. The average molecular weight is 489 g/mol. The van der Waals surface area contributed by atoms with Gasteiger partial charge in [0.1, 0.15) is 0 Å². The second-order valence-electron chi connectivity index (χ2n) is 8.95. The van der Waals surface area contributed by atoms with Crippen molar-refractivity contribution in [2.75, 3.05) is 0 Å². The van der Waals surface area contributed by atoms with Crippen LogP contribution in [0.2, 0.25) is 0 Å². The predicted octanol–water partition coefficient (Wildman–Crippen LogP) is 5.05. The van der Waals surface area contributed by atoms with Gasteiger partial charge >= 0.3 is 0 Å². The number of benzene rings is 3. The fourth-order valence-electron chi connectivity index (χ4n) is 4.06. The number of aromatic amines is 1. The number of pyridine rings is 1. The third-order valence-corrected chi connectivity index (χ3v) is 8.05. The van der Waals surface area contributed by atoms with Gasteiger partial charge in [-0.3, -0.25) is 9.59 Å². The highest BCUT2D eigenvalue weighted by Gasteiger charge is 2.26. The number of H-pyrrole nitrogens is 1. The van der Waals surface area contributed by atoms with Gasteiger partial charge in [-0.2, -0.15) is 4.31 Å². The van der Waals surface area contributed by atoms with Crippen molar-refractivity contribution in [3.05, 3.63) is 110 Å². The summed E-state index contributed by atoms with van der Waals surface area (Å²) in [6.45, 7) is 7.29. The quantitative estimate of drug-likeness (QED) is 0.369. The van der Waals surface area contributed by atoms with Crippen LogP contribution >= 0.6 is 0 Å². The Morgan fingerprint density at radius 2 is 1.49 bits per heavy atom. The minimum atomic E-state index is -3.97. The summed E-state index contributed by atoms with van der Waals surface area (Å²) in [6.07, 6.45) is 0. The summed E-state index contributed by atoms with van der Waals surface area (Å²) in [4.78, 5) is 27.7. The van der Waals surface area contributed by atoms with Gasteiger partial charge in [0.2, 0.25) is 10.0 Å². The first-order chi connectivity index (χ1) is 16.6. The topological polar surface area (TPSA) is 87.3 Å². The maximum Gasteiger partial charge on any atom is 0.252 e. The predicted molar refractivity (Wildman–Crippen MR) is 138 cm³/mol. The number of fused-ring (bicyclic) bond motifs is 1. The van der Waals surface area contributed by atoms with E-state index in [2.05, 4.69) is 4.98 Å². The van der Waals surface area contributed by atoms with Crippen LogP contribution in [0.5, 0.6) is 0 Å². The molecular formula is C28H28N2O4S. The molecule has 4 aromatic rings. The molecule has 0 unspecified atom stereocenters. The Labute approximate surface area is 205 Å². The number of aromatic nitrogens is 1. The van der Waals surface area contributed by atoms with Gasteiger partial charge in [-0.15, -0.1) is 0 Å². The van der Waals surface area contributed by atoms with Gasteiger partial charge in [0.25, 0.3) is 5.56 Å². The minimum Gasteiger partial charge on any atom is -0.321 e.